The van der Waals surface area contributed by atoms with E-state index in [1.54, 1.807) is 31.3 Å². The van der Waals surface area contributed by atoms with E-state index >= 15 is 0 Å². The van der Waals surface area contributed by atoms with Gasteiger partial charge in [-0.3, -0.25) is 9.59 Å². The normalized spacial score (nSPS) is 24.1. The summed E-state index contributed by atoms with van der Waals surface area (Å²) in [6.07, 6.45) is 8.76. The molecule has 1 amide bonds. The number of aliphatic hydroxyl groups excluding tert-OH is 2. The first kappa shape index (κ1) is 24.4. The van der Waals surface area contributed by atoms with Crippen LogP contribution in [-0.4, -0.2) is 34.1 Å². The smallest absolute Gasteiger partial charge is 0.217 e. The number of hydrogen-bond donors (Lipinski definition) is 3. The van der Waals surface area contributed by atoms with Gasteiger partial charge >= 0.3 is 0 Å². The number of unbranched alkanes of at least 4 members (excludes halogenated alkanes) is 1. The largest absolute Gasteiger partial charge is 0.391 e. The van der Waals surface area contributed by atoms with Crippen LogP contribution in [0.4, 0.5) is 0 Å². The number of hydrogen-bond acceptors (Lipinski definition) is 5. The number of amides is 1. The third-order valence-corrected chi connectivity index (χ3v) is 7.47. The fourth-order valence-electron chi connectivity index (χ4n) is 4.43. The Labute approximate surface area is 193 Å². The van der Waals surface area contributed by atoms with Crippen molar-refractivity contribution in [1.29, 1.82) is 0 Å². The van der Waals surface area contributed by atoms with Crippen molar-refractivity contribution in [2.24, 2.45) is 23.0 Å². The molecule has 4 atom stereocenters. The number of fused-ring (bicyclic) bond motifs is 1. The number of primary amides is 1. The minimum absolute atomic E-state index is 0.0421. The van der Waals surface area contributed by atoms with E-state index in [-0.39, 0.29) is 23.5 Å². The van der Waals surface area contributed by atoms with Gasteiger partial charge in [0.05, 0.1) is 17.6 Å². The van der Waals surface area contributed by atoms with Crippen LogP contribution < -0.4 is 5.73 Å². The molecule has 0 saturated heterocycles. The number of ketones is 1. The fourth-order valence-corrected chi connectivity index (χ4v) is 5.54. The van der Waals surface area contributed by atoms with Gasteiger partial charge in [-0.05, 0) is 36.8 Å². The molecule has 2 unspecified atom stereocenters. The second-order valence-electron chi connectivity index (χ2n) is 9.19. The Morgan fingerprint density at radius 2 is 2.03 bits per heavy atom. The van der Waals surface area contributed by atoms with Crippen LogP contribution in [0.5, 0.6) is 0 Å². The minimum atomic E-state index is -0.824. The highest BCUT2D eigenvalue weighted by Crippen LogP contribution is 2.44. The van der Waals surface area contributed by atoms with Crippen LogP contribution >= 0.6 is 11.3 Å². The summed E-state index contributed by atoms with van der Waals surface area (Å²) in [5, 5.41) is 22.6. The molecule has 3 rings (SSSR count). The highest BCUT2D eigenvalue weighted by Gasteiger charge is 2.52. The van der Waals surface area contributed by atoms with Gasteiger partial charge < -0.3 is 15.9 Å². The summed E-state index contributed by atoms with van der Waals surface area (Å²) in [6.45, 7) is 3.57. The summed E-state index contributed by atoms with van der Waals surface area (Å²) in [5.41, 5.74) is 4.33. The predicted molar refractivity (Wildman–Crippen MR) is 129 cm³/mol. The second-order valence-corrected chi connectivity index (χ2v) is 10.4. The number of Topliss-reactive ketones (excluding diaryl/α,β-unsaturated/α-hetero) is 1. The average Bonchev–Trinajstić information content (AvgIpc) is 3.21. The van der Waals surface area contributed by atoms with Crippen LogP contribution in [0, 0.1) is 17.3 Å². The number of allylic oxidation sites excluding steroid dienone is 2. The Morgan fingerprint density at radius 3 is 2.75 bits per heavy atom. The molecular weight excluding hydrogens is 422 g/mol. The quantitative estimate of drug-likeness (QED) is 0.370. The van der Waals surface area contributed by atoms with Crippen molar-refractivity contribution in [3.05, 3.63) is 59.5 Å². The van der Waals surface area contributed by atoms with E-state index in [0.717, 1.165) is 11.3 Å². The molecule has 6 heteroatoms. The lowest BCUT2D eigenvalue weighted by atomic mass is 9.86. The summed E-state index contributed by atoms with van der Waals surface area (Å²) in [4.78, 5) is 24.9. The third-order valence-electron chi connectivity index (χ3n) is 6.33. The summed E-state index contributed by atoms with van der Waals surface area (Å²) < 4.78 is 1.19. The third kappa shape index (κ3) is 5.74. The number of rotatable bonds is 10. The lowest BCUT2D eigenvalue weighted by Gasteiger charge is -2.22. The van der Waals surface area contributed by atoms with Crippen LogP contribution in [-0.2, 0) is 16.0 Å². The molecule has 1 saturated carbocycles. The first-order chi connectivity index (χ1) is 15.2. The molecule has 5 nitrogen and oxygen atoms in total. The van der Waals surface area contributed by atoms with Crippen LogP contribution in [0.1, 0.15) is 44.4 Å². The maximum Gasteiger partial charge on any atom is 0.217 e. The van der Waals surface area contributed by atoms with Crippen molar-refractivity contribution < 1.29 is 19.8 Å². The molecule has 0 radical (unpaired) electrons. The van der Waals surface area contributed by atoms with Crippen molar-refractivity contribution in [2.45, 2.75) is 58.2 Å². The number of benzene rings is 1. The first-order valence-corrected chi connectivity index (χ1v) is 12.0. The van der Waals surface area contributed by atoms with Crippen molar-refractivity contribution >= 4 is 33.1 Å². The summed E-state index contributed by atoms with van der Waals surface area (Å²) in [6, 6.07) is 10.2. The molecule has 0 bridgehead atoms. The molecule has 4 N–H and O–H groups in total. The van der Waals surface area contributed by atoms with E-state index in [2.05, 4.69) is 18.2 Å². The molecular formula is C26H33NO4S. The van der Waals surface area contributed by atoms with E-state index in [1.807, 2.05) is 30.4 Å². The van der Waals surface area contributed by atoms with Gasteiger partial charge in [-0.1, -0.05) is 56.4 Å². The Bertz CT molecular complexity index is 973. The van der Waals surface area contributed by atoms with E-state index in [9.17, 15) is 19.8 Å². The molecule has 0 spiro atoms. The van der Waals surface area contributed by atoms with Gasteiger partial charge in [-0.25, -0.2) is 0 Å². The van der Waals surface area contributed by atoms with Crippen LogP contribution in [0.2, 0.25) is 0 Å². The van der Waals surface area contributed by atoms with Gasteiger partial charge in [0, 0.05) is 34.3 Å². The van der Waals surface area contributed by atoms with Gasteiger partial charge in [0.2, 0.25) is 5.91 Å². The van der Waals surface area contributed by atoms with E-state index in [4.69, 9.17) is 5.73 Å². The highest BCUT2D eigenvalue weighted by molar-refractivity contribution is 7.19. The molecule has 1 aromatic carbocycles. The SMILES string of the molecule is CC1(C)C(=O)[C@H](C/C=C\CCCC(N)=O)C(/C=C/C(O)Cc2cc3ccccc3s2)[C@@H]1O. The average molecular weight is 456 g/mol. The monoisotopic (exact) mass is 455 g/mol. The maximum absolute atomic E-state index is 12.9. The molecule has 1 heterocycles. The number of aliphatic hydroxyl groups is 2. The van der Waals surface area contributed by atoms with Crippen LogP contribution in [0.15, 0.2) is 54.6 Å². The predicted octanol–water partition coefficient (Wildman–Crippen LogP) is 4.17. The number of thiophene rings is 1. The summed E-state index contributed by atoms with van der Waals surface area (Å²) in [7, 11) is 0. The Morgan fingerprint density at radius 1 is 1.28 bits per heavy atom. The topological polar surface area (TPSA) is 101 Å². The second kappa shape index (κ2) is 10.6. The molecule has 0 aliphatic heterocycles. The minimum Gasteiger partial charge on any atom is -0.391 e. The Hall–Kier alpha value is -2.28. The molecule has 32 heavy (non-hydrogen) atoms. The molecule has 2 aromatic rings. The zero-order chi connectivity index (χ0) is 23.3. The first-order valence-electron chi connectivity index (χ1n) is 11.2. The lowest BCUT2D eigenvalue weighted by Crippen LogP contribution is -2.31. The number of nitrogens with two attached hydrogens (primary N) is 1. The van der Waals surface area contributed by atoms with Crippen LogP contribution in [0.3, 0.4) is 0 Å². The number of carbonyl (C=O) groups is 2. The van der Waals surface area contributed by atoms with Crippen molar-refractivity contribution in [1.82, 2.24) is 0 Å². The summed E-state index contributed by atoms with van der Waals surface area (Å²) in [5.74, 6) is -0.945. The standard InChI is InChI=1S/C26H33NO4S/c1-26(2)24(30)20(10-5-3-4-6-12-23(27)29)21(25(26)31)14-13-18(28)16-19-15-17-9-7-8-11-22(17)32-19/h3,5,7-9,11,13-15,18,20-21,25,28,31H,4,6,10,12,16H2,1-2H3,(H2,27,29)/b5-3-,14-13+/t18?,20-,21?,25+/m1/s1. The van der Waals surface area contributed by atoms with Gasteiger partial charge in [-0.15, -0.1) is 11.3 Å². The van der Waals surface area contributed by atoms with Gasteiger partial charge in [0.15, 0.2) is 0 Å². The van der Waals surface area contributed by atoms with Crippen molar-refractivity contribution in [3.8, 4) is 0 Å². The number of carbonyl (C=O) groups excluding carboxylic acids is 2. The van der Waals surface area contributed by atoms with Crippen molar-refractivity contribution in [2.75, 3.05) is 0 Å². The zero-order valence-corrected chi connectivity index (χ0v) is 19.6. The summed E-state index contributed by atoms with van der Waals surface area (Å²) >= 11 is 1.67. The molecule has 1 aliphatic rings. The van der Waals surface area contributed by atoms with E-state index in [0.29, 0.717) is 25.7 Å². The Balaban J connectivity index is 1.64. The highest BCUT2D eigenvalue weighted by atomic mass is 32.1. The molecule has 1 aromatic heterocycles. The van der Waals surface area contributed by atoms with E-state index in [1.165, 1.54) is 10.1 Å². The van der Waals surface area contributed by atoms with E-state index < -0.39 is 17.6 Å². The molecule has 1 fully saturated rings. The van der Waals surface area contributed by atoms with Gasteiger partial charge in [0.25, 0.3) is 0 Å². The maximum atomic E-state index is 12.9. The molecule has 172 valence electrons. The van der Waals surface area contributed by atoms with Gasteiger partial charge in [-0.2, -0.15) is 0 Å². The Kier molecular flexibility index (Phi) is 8.04. The van der Waals surface area contributed by atoms with Crippen molar-refractivity contribution in [3.63, 3.8) is 0 Å². The fraction of sp³-hybridized carbons (Fsp3) is 0.462. The van der Waals surface area contributed by atoms with Crippen LogP contribution in [0.25, 0.3) is 10.1 Å². The molecule has 1 aliphatic carbocycles. The lowest BCUT2D eigenvalue weighted by molar-refractivity contribution is -0.129. The zero-order valence-electron chi connectivity index (χ0n) is 18.7. The van der Waals surface area contributed by atoms with Gasteiger partial charge in [0.1, 0.15) is 5.78 Å².